The first-order chi connectivity index (χ1) is 17.3. The third kappa shape index (κ3) is 6.69. The summed E-state index contributed by atoms with van der Waals surface area (Å²) in [4.78, 5) is 28.5. The maximum Gasteiger partial charge on any atom is 0.328 e. The number of carbonyl (C=O) groups is 2. The molecule has 0 bridgehead atoms. The number of aryl methyl sites for hydroxylation is 1. The van der Waals surface area contributed by atoms with Gasteiger partial charge < -0.3 is 28.6 Å². The normalized spacial score (nSPS) is 12.6. The Morgan fingerprint density at radius 2 is 1.53 bits per heavy atom. The van der Waals surface area contributed by atoms with Crippen LogP contribution in [0, 0.1) is 6.92 Å². The highest BCUT2D eigenvalue weighted by molar-refractivity contribution is 6.06. The number of ether oxygens (including phenoxy) is 5. The molecule has 0 saturated carbocycles. The van der Waals surface area contributed by atoms with E-state index in [0.717, 1.165) is 24.1 Å². The highest BCUT2D eigenvalue weighted by atomic mass is 16.6. The van der Waals surface area contributed by atoms with Crippen LogP contribution in [-0.2, 0) is 30.9 Å². The lowest BCUT2D eigenvalue weighted by Crippen LogP contribution is -2.46. The predicted molar refractivity (Wildman–Crippen MR) is 138 cm³/mol. The van der Waals surface area contributed by atoms with E-state index in [1.165, 1.54) is 7.11 Å². The Morgan fingerprint density at radius 3 is 2.11 bits per heavy atom. The molecule has 8 heteroatoms. The van der Waals surface area contributed by atoms with Crippen molar-refractivity contribution < 1.29 is 33.3 Å². The minimum Gasteiger partial charge on any atom is -0.496 e. The Hall–Kier alpha value is -3.26. The molecule has 36 heavy (non-hydrogen) atoms. The number of benzene rings is 2. The second kappa shape index (κ2) is 13.7. The zero-order valence-corrected chi connectivity index (χ0v) is 22.5. The molecule has 198 valence electrons. The number of carbonyl (C=O) groups excluding carboxylic acids is 2. The van der Waals surface area contributed by atoms with Gasteiger partial charge in [-0.2, -0.15) is 0 Å². The predicted octanol–water partition coefficient (Wildman–Crippen LogP) is 3.95. The van der Waals surface area contributed by atoms with Crippen molar-refractivity contribution in [1.82, 2.24) is 4.90 Å². The molecule has 0 N–H and O–H groups in total. The van der Waals surface area contributed by atoms with E-state index in [1.807, 2.05) is 32.2 Å². The van der Waals surface area contributed by atoms with Crippen LogP contribution in [0.5, 0.6) is 17.2 Å². The van der Waals surface area contributed by atoms with Crippen molar-refractivity contribution in [2.24, 2.45) is 0 Å². The molecule has 0 aromatic heterocycles. The molecule has 0 heterocycles. The van der Waals surface area contributed by atoms with Crippen LogP contribution in [0.3, 0.4) is 0 Å². The van der Waals surface area contributed by atoms with Crippen LogP contribution in [0.15, 0.2) is 36.4 Å². The minimum absolute atomic E-state index is 0.165. The van der Waals surface area contributed by atoms with E-state index in [2.05, 4.69) is 4.90 Å². The zero-order chi connectivity index (χ0) is 26.7. The molecular weight excluding hydrogens is 462 g/mol. The molecule has 0 fully saturated rings. The number of likely N-dealkylation sites (N-methyl/N-ethyl adjacent to an activating group) is 1. The molecule has 2 aromatic carbocycles. The lowest BCUT2D eigenvalue weighted by atomic mass is 9.76. The molecule has 0 spiro atoms. The van der Waals surface area contributed by atoms with E-state index in [4.69, 9.17) is 23.7 Å². The zero-order valence-electron chi connectivity index (χ0n) is 22.5. The van der Waals surface area contributed by atoms with Crippen LogP contribution < -0.4 is 14.2 Å². The summed E-state index contributed by atoms with van der Waals surface area (Å²) >= 11 is 0. The lowest BCUT2D eigenvalue weighted by Gasteiger charge is -2.30. The van der Waals surface area contributed by atoms with Crippen molar-refractivity contribution in [3.63, 3.8) is 0 Å². The van der Waals surface area contributed by atoms with Crippen LogP contribution in [0.25, 0.3) is 0 Å². The molecule has 0 radical (unpaired) electrons. The highest BCUT2D eigenvalue weighted by Crippen LogP contribution is 2.35. The van der Waals surface area contributed by atoms with Gasteiger partial charge in [0.2, 0.25) is 0 Å². The summed E-state index contributed by atoms with van der Waals surface area (Å²) in [6.45, 7) is 5.24. The maximum atomic E-state index is 13.2. The molecule has 2 aromatic rings. The number of nitrogens with zero attached hydrogens (tertiary/aromatic N) is 1. The quantitative estimate of drug-likeness (QED) is 0.284. The molecule has 1 atom stereocenters. The largest absolute Gasteiger partial charge is 0.496 e. The molecule has 0 amide bonds. The molecule has 8 nitrogen and oxygen atoms in total. The fourth-order valence-electron chi connectivity index (χ4n) is 4.32. The Kier molecular flexibility index (Phi) is 11.0. The van der Waals surface area contributed by atoms with Gasteiger partial charge in [-0.05, 0) is 81.6 Å². The van der Waals surface area contributed by atoms with Crippen molar-refractivity contribution in [2.75, 3.05) is 55.2 Å². The van der Waals surface area contributed by atoms with Crippen LogP contribution in [0.1, 0.15) is 36.5 Å². The Balaban J connectivity index is 2.17. The Bertz CT molecular complexity index is 1020. The van der Waals surface area contributed by atoms with Gasteiger partial charge in [-0.25, -0.2) is 0 Å². The number of hydrogen-bond acceptors (Lipinski definition) is 8. The van der Waals surface area contributed by atoms with Gasteiger partial charge in [-0.1, -0.05) is 18.2 Å². The van der Waals surface area contributed by atoms with Gasteiger partial charge in [0.05, 0.1) is 35.0 Å². The average Bonchev–Trinajstić information content (AvgIpc) is 2.89. The summed E-state index contributed by atoms with van der Waals surface area (Å²) in [5.74, 6) is 0.843. The SMILES string of the molecule is CCOC(=O)C(CCCN(C)CCc1ccc(OC)c(OC)c1)(C(=O)OC)c1ccc(OC)c(C)c1. The molecule has 0 aliphatic heterocycles. The second-order valence-corrected chi connectivity index (χ2v) is 8.65. The first-order valence-electron chi connectivity index (χ1n) is 12.1. The van der Waals surface area contributed by atoms with Gasteiger partial charge in [0.1, 0.15) is 5.75 Å². The summed E-state index contributed by atoms with van der Waals surface area (Å²) in [6, 6.07) is 11.2. The average molecular weight is 502 g/mol. The second-order valence-electron chi connectivity index (χ2n) is 8.65. The lowest BCUT2D eigenvalue weighted by molar-refractivity contribution is -0.164. The van der Waals surface area contributed by atoms with Gasteiger partial charge in [0.25, 0.3) is 0 Å². The van der Waals surface area contributed by atoms with Crippen molar-refractivity contribution in [3.8, 4) is 17.2 Å². The topological polar surface area (TPSA) is 83.5 Å². The third-order valence-corrected chi connectivity index (χ3v) is 6.37. The third-order valence-electron chi connectivity index (χ3n) is 6.37. The summed E-state index contributed by atoms with van der Waals surface area (Å²) in [6.07, 6.45) is 1.65. The van der Waals surface area contributed by atoms with E-state index in [1.54, 1.807) is 46.5 Å². The summed E-state index contributed by atoms with van der Waals surface area (Å²) < 4.78 is 26.6. The Labute approximate surface area is 214 Å². The van der Waals surface area contributed by atoms with Crippen molar-refractivity contribution in [3.05, 3.63) is 53.1 Å². The molecule has 0 saturated heterocycles. The molecule has 1 unspecified atom stereocenters. The van der Waals surface area contributed by atoms with Gasteiger partial charge >= 0.3 is 11.9 Å². The number of rotatable bonds is 14. The van der Waals surface area contributed by atoms with Crippen LogP contribution in [-0.4, -0.2) is 72.0 Å². The van der Waals surface area contributed by atoms with Crippen LogP contribution >= 0.6 is 0 Å². The van der Waals surface area contributed by atoms with Crippen molar-refractivity contribution >= 4 is 11.9 Å². The standard InChI is InChI=1S/C28H39NO7/c1-8-36-27(31)28(26(30)35-7,22-11-13-23(32-4)20(2)18-22)15-9-16-29(3)17-14-21-10-12-24(33-5)25(19-21)34-6/h10-13,18-19H,8-9,14-17H2,1-7H3. The van der Waals surface area contributed by atoms with E-state index in [-0.39, 0.29) is 13.0 Å². The highest BCUT2D eigenvalue weighted by Gasteiger charge is 2.50. The summed E-state index contributed by atoms with van der Waals surface area (Å²) in [5, 5.41) is 0. The maximum absolute atomic E-state index is 13.2. The molecular formula is C28H39NO7. The van der Waals surface area contributed by atoms with Crippen molar-refractivity contribution in [1.29, 1.82) is 0 Å². The number of methoxy groups -OCH3 is 4. The first-order valence-corrected chi connectivity index (χ1v) is 12.1. The smallest absolute Gasteiger partial charge is 0.328 e. The van der Waals surface area contributed by atoms with E-state index in [9.17, 15) is 9.59 Å². The number of esters is 2. The number of hydrogen-bond donors (Lipinski definition) is 0. The molecule has 2 rings (SSSR count). The first kappa shape index (κ1) is 29.0. The van der Waals surface area contributed by atoms with Crippen molar-refractivity contribution in [2.45, 2.75) is 38.5 Å². The van der Waals surface area contributed by atoms with Gasteiger partial charge in [-0.3, -0.25) is 9.59 Å². The van der Waals surface area contributed by atoms with E-state index in [0.29, 0.717) is 35.8 Å². The van der Waals surface area contributed by atoms with Gasteiger partial charge in [0.15, 0.2) is 16.9 Å². The van der Waals surface area contributed by atoms with Crippen LogP contribution in [0.4, 0.5) is 0 Å². The fraction of sp³-hybridized carbons (Fsp3) is 0.500. The fourth-order valence-corrected chi connectivity index (χ4v) is 4.32. The minimum atomic E-state index is -1.55. The van der Waals surface area contributed by atoms with Gasteiger partial charge in [-0.15, -0.1) is 0 Å². The monoisotopic (exact) mass is 501 g/mol. The summed E-state index contributed by atoms with van der Waals surface area (Å²) in [5.41, 5.74) is 0.939. The Morgan fingerprint density at radius 1 is 0.861 bits per heavy atom. The van der Waals surface area contributed by atoms with Gasteiger partial charge in [0, 0.05) is 6.54 Å². The molecule has 0 aliphatic carbocycles. The van der Waals surface area contributed by atoms with E-state index < -0.39 is 17.4 Å². The van der Waals surface area contributed by atoms with Crippen LogP contribution in [0.2, 0.25) is 0 Å². The van der Waals surface area contributed by atoms with E-state index >= 15 is 0 Å². The summed E-state index contributed by atoms with van der Waals surface area (Å²) in [7, 11) is 8.13. The molecule has 0 aliphatic rings.